The van der Waals surface area contributed by atoms with E-state index in [2.05, 4.69) is 17.3 Å². The first kappa shape index (κ1) is 10.7. The fourth-order valence-electron chi connectivity index (χ4n) is 4.24. The smallest absolute Gasteiger partial charge is 0.122 e. The Morgan fingerprint density at radius 1 is 1.18 bits per heavy atom. The quantitative estimate of drug-likeness (QED) is 0.674. The van der Waals surface area contributed by atoms with E-state index in [0.717, 1.165) is 51.2 Å². The standard InChI is InChI=1S/C13H22N2O2/c1-15-10-2-3-11(15)7-13(6-10)14-12(4-5-17-13)8-16-9-12/h10-11,14H,2-9H2,1H3. The first-order valence-electron chi connectivity index (χ1n) is 6.93. The van der Waals surface area contributed by atoms with E-state index in [4.69, 9.17) is 9.47 Å². The van der Waals surface area contributed by atoms with Gasteiger partial charge in [-0.25, -0.2) is 0 Å². The van der Waals surface area contributed by atoms with E-state index in [0.29, 0.717) is 0 Å². The maximum atomic E-state index is 6.17. The lowest BCUT2D eigenvalue weighted by molar-refractivity contribution is -0.216. The Kier molecular flexibility index (Phi) is 2.17. The maximum absolute atomic E-state index is 6.17. The summed E-state index contributed by atoms with van der Waals surface area (Å²) in [5.41, 5.74) is 0.202. The maximum Gasteiger partial charge on any atom is 0.122 e. The highest BCUT2D eigenvalue weighted by Crippen LogP contribution is 2.44. The molecular weight excluding hydrogens is 216 g/mol. The molecule has 0 aliphatic carbocycles. The van der Waals surface area contributed by atoms with E-state index in [9.17, 15) is 0 Å². The van der Waals surface area contributed by atoms with Crippen LogP contribution in [0.25, 0.3) is 0 Å². The Balaban J connectivity index is 1.57. The number of fused-ring (bicyclic) bond motifs is 2. The van der Waals surface area contributed by atoms with Crippen LogP contribution in [0.1, 0.15) is 32.1 Å². The van der Waals surface area contributed by atoms with Crippen molar-refractivity contribution in [1.29, 1.82) is 0 Å². The minimum atomic E-state index is -0.0413. The van der Waals surface area contributed by atoms with Crippen molar-refractivity contribution in [1.82, 2.24) is 10.2 Å². The first-order valence-corrected chi connectivity index (χ1v) is 6.93. The molecule has 0 radical (unpaired) electrons. The normalized spacial score (nSPS) is 48.5. The van der Waals surface area contributed by atoms with Crippen LogP contribution in [0.2, 0.25) is 0 Å². The average molecular weight is 238 g/mol. The van der Waals surface area contributed by atoms with Gasteiger partial charge in [-0.3, -0.25) is 5.32 Å². The minimum absolute atomic E-state index is 0.0413. The molecule has 1 N–H and O–H groups in total. The number of hydrogen-bond acceptors (Lipinski definition) is 4. The van der Waals surface area contributed by atoms with E-state index in [1.165, 1.54) is 12.8 Å². The largest absolute Gasteiger partial charge is 0.377 e. The van der Waals surface area contributed by atoms with Gasteiger partial charge in [0.15, 0.2) is 0 Å². The summed E-state index contributed by atoms with van der Waals surface area (Å²) in [6.07, 6.45) is 6.11. The van der Waals surface area contributed by atoms with Crippen molar-refractivity contribution in [2.24, 2.45) is 0 Å². The zero-order valence-corrected chi connectivity index (χ0v) is 10.6. The monoisotopic (exact) mass is 238 g/mol. The summed E-state index contributed by atoms with van der Waals surface area (Å²) in [4.78, 5) is 2.56. The molecule has 2 unspecified atom stereocenters. The zero-order valence-electron chi connectivity index (χ0n) is 10.6. The third kappa shape index (κ3) is 1.51. The number of piperidine rings is 1. The summed E-state index contributed by atoms with van der Waals surface area (Å²) < 4.78 is 11.6. The molecule has 4 saturated heterocycles. The summed E-state index contributed by atoms with van der Waals surface area (Å²) in [6.45, 7) is 2.66. The van der Waals surface area contributed by atoms with Crippen LogP contribution in [0.5, 0.6) is 0 Å². The van der Waals surface area contributed by atoms with Crippen LogP contribution < -0.4 is 5.32 Å². The second kappa shape index (κ2) is 3.44. The van der Waals surface area contributed by atoms with Crippen LogP contribution in [0, 0.1) is 0 Å². The molecule has 17 heavy (non-hydrogen) atoms. The van der Waals surface area contributed by atoms with Crippen molar-refractivity contribution < 1.29 is 9.47 Å². The van der Waals surface area contributed by atoms with E-state index in [1.54, 1.807) is 0 Å². The fourth-order valence-corrected chi connectivity index (χ4v) is 4.24. The molecule has 2 atom stereocenters. The number of nitrogens with one attached hydrogen (secondary N) is 1. The third-order valence-electron chi connectivity index (χ3n) is 5.32. The fraction of sp³-hybridized carbons (Fsp3) is 1.00. The van der Waals surface area contributed by atoms with Crippen LogP contribution in [-0.4, -0.2) is 55.1 Å². The van der Waals surface area contributed by atoms with E-state index in [1.807, 2.05) is 0 Å². The number of rotatable bonds is 0. The number of hydrogen-bond donors (Lipinski definition) is 1. The van der Waals surface area contributed by atoms with E-state index < -0.39 is 0 Å². The first-order chi connectivity index (χ1) is 8.21. The van der Waals surface area contributed by atoms with Crippen LogP contribution >= 0.6 is 0 Å². The predicted octanol–water partition coefficient (Wildman–Crippen LogP) is 0.718. The lowest BCUT2D eigenvalue weighted by Crippen LogP contribution is -2.73. The Bertz CT molecular complexity index is 315. The molecule has 0 saturated carbocycles. The van der Waals surface area contributed by atoms with Crippen molar-refractivity contribution in [2.45, 2.75) is 55.5 Å². The molecule has 4 heteroatoms. The van der Waals surface area contributed by atoms with Gasteiger partial charge in [0.1, 0.15) is 5.72 Å². The molecular formula is C13H22N2O2. The number of ether oxygens (including phenoxy) is 2. The van der Waals surface area contributed by atoms with E-state index >= 15 is 0 Å². The van der Waals surface area contributed by atoms with Gasteiger partial charge in [-0.2, -0.15) is 0 Å². The van der Waals surface area contributed by atoms with Crippen LogP contribution in [0.4, 0.5) is 0 Å². The Morgan fingerprint density at radius 3 is 2.47 bits per heavy atom. The molecule has 96 valence electrons. The third-order valence-corrected chi connectivity index (χ3v) is 5.32. The van der Waals surface area contributed by atoms with Crippen LogP contribution in [0.15, 0.2) is 0 Å². The summed E-state index contributed by atoms with van der Waals surface area (Å²) in [5, 5.41) is 3.83. The highest BCUT2D eigenvalue weighted by molar-refractivity contribution is 5.08. The van der Waals surface area contributed by atoms with Gasteiger partial charge in [0.05, 0.1) is 25.4 Å². The second-order valence-electron chi connectivity index (χ2n) is 6.45. The molecule has 4 heterocycles. The van der Waals surface area contributed by atoms with Crippen molar-refractivity contribution in [3.05, 3.63) is 0 Å². The van der Waals surface area contributed by atoms with Gasteiger partial charge in [0.2, 0.25) is 0 Å². The lowest BCUT2D eigenvalue weighted by atomic mass is 9.84. The SMILES string of the molecule is CN1C2CCC1CC1(C2)NC2(CCO1)COC2. The van der Waals surface area contributed by atoms with Gasteiger partial charge in [-0.15, -0.1) is 0 Å². The summed E-state index contributed by atoms with van der Waals surface area (Å²) >= 11 is 0. The van der Waals surface area contributed by atoms with Crippen molar-refractivity contribution >= 4 is 0 Å². The average Bonchev–Trinajstić information content (AvgIpc) is 2.51. The van der Waals surface area contributed by atoms with Gasteiger partial charge < -0.3 is 14.4 Å². The topological polar surface area (TPSA) is 33.7 Å². The van der Waals surface area contributed by atoms with Crippen molar-refractivity contribution in [3.8, 4) is 0 Å². The highest BCUT2D eigenvalue weighted by atomic mass is 16.5. The molecule has 0 amide bonds. The van der Waals surface area contributed by atoms with Gasteiger partial charge in [0.25, 0.3) is 0 Å². The molecule has 0 aromatic rings. The van der Waals surface area contributed by atoms with Gasteiger partial charge >= 0.3 is 0 Å². The molecule has 4 aliphatic rings. The van der Waals surface area contributed by atoms with Crippen molar-refractivity contribution in [3.63, 3.8) is 0 Å². The minimum Gasteiger partial charge on any atom is -0.377 e. The van der Waals surface area contributed by atoms with Gasteiger partial charge in [0, 0.05) is 24.9 Å². The van der Waals surface area contributed by atoms with Crippen LogP contribution in [0.3, 0.4) is 0 Å². The molecule has 0 aromatic heterocycles. The predicted molar refractivity (Wildman–Crippen MR) is 63.8 cm³/mol. The molecule has 4 nitrogen and oxygen atoms in total. The highest BCUT2D eigenvalue weighted by Gasteiger charge is 2.54. The summed E-state index contributed by atoms with van der Waals surface area (Å²) in [5.74, 6) is 0. The molecule has 4 rings (SSSR count). The molecule has 0 aromatic carbocycles. The molecule has 2 bridgehead atoms. The van der Waals surface area contributed by atoms with Gasteiger partial charge in [-0.05, 0) is 26.3 Å². The lowest BCUT2D eigenvalue weighted by Gasteiger charge is -2.56. The van der Waals surface area contributed by atoms with E-state index in [-0.39, 0.29) is 11.3 Å². The summed E-state index contributed by atoms with van der Waals surface area (Å²) in [7, 11) is 2.28. The Hall–Kier alpha value is -0.160. The Labute approximate surface area is 103 Å². The Morgan fingerprint density at radius 2 is 1.88 bits per heavy atom. The molecule has 4 fully saturated rings. The zero-order chi connectivity index (χ0) is 11.5. The number of nitrogens with zero attached hydrogens (tertiary/aromatic N) is 1. The molecule has 4 aliphatic heterocycles. The summed E-state index contributed by atoms with van der Waals surface area (Å²) in [6, 6.07) is 1.44. The van der Waals surface area contributed by atoms with Crippen LogP contribution in [-0.2, 0) is 9.47 Å². The second-order valence-corrected chi connectivity index (χ2v) is 6.45. The van der Waals surface area contributed by atoms with Crippen molar-refractivity contribution in [2.75, 3.05) is 26.9 Å². The molecule has 2 spiro atoms. The van der Waals surface area contributed by atoms with Gasteiger partial charge in [-0.1, -0.05) is 0 Å².